The molecule has 3 nitrogen and oxygen atoms in total. The molecule has 0 heterocycles. The minimum absolute atomic E-state index is 0.235. The van der Waals surface area contributed by atoms with Gasteiger partial charge in [0.2, 0.25) is 0 Å². The Morgan fingerprint density at radius 3 is 2.52 bits per heavy atom. The summed E-state index contributed by atoms with van der Waals surface area (Å²) in [5.74, 6) is 0.754. The molecule has 1 fully saturated rings. The first-order valence-electron chi connectivity index (χ1n) is 9.74. The van der Waals surface area contributed by atoms with Crippen molar-refractivity contribution in [2.24, 2.45) is 16.6 Å². The van der Waals surface area contributed by atoms with Gasteiger partial charge in [-0.2, -0.15) is 0 Å². The van der Waals surface area contributed by atoms with Crippen LogP contribution >= 0.6 is 0 Å². The Hall–Kier alpha value is -2.55. The SMILES string of the molecule is Cc1cccc(C)c1-c1cccc(CO/C(N)=N/C=C2\CC[C@H](C)C2)c1C. The van der Waals surface area contributed by atoms with Crippen LogP contribution < -0.4 is 5.73 Å². The van der Waals surface area contributed by atoms with E-state index in [9.17, 15) is 0 Å². The summed E-state index contributed by atoms with van der Waals surface area (Å²) >= 11 is 0. The molecule has 3 heteroatoms. The highest BCUT2D eigenvalue weighted by Crippen LogP contribution is 2.32. The smallest absolute Gasteiger partial charge is 0.286 e. The summed E-state index contributed by atoms with van der Waals surface area (Å²) in [4.78, 5) is 4.30. The monoisotopic (exact) mass is 362 g/mol. The minimum atomic E-state index is 0.235. The number of benzene rings is 2. The van der Waals surface area contributed by atoms with E-state index in [0.717, 1.165) is 24.3 Å². The summed E-state index contributed by atoms with van der Waals surface area (Å²) in [6.07, 6.45) is 5.37. The number of ether oxygens (including phenoxy) is 1. The fourth-order valence-electron chi connectivity index (χ4n) is 3.89. The Morgan fingerprint density at radius 1 is 1.15 bits per heavy atom. The lowest BCUT2D eigenvalue weighted by Gasteiger charge is -2.16. The average molecular weight is 363 g/mol. The fraction of sp³-hybridized carbons (Fsp3) is 0.375. The van der Waals surface area contributed by atoms with Crippen molar-refractivity contribution in [2.75, 3.05) is 0 Å². The number of aryl methyl sites for hydroxylation is 2. The van der Waals surface area contributed by atoms with Gasteiger partial charge in [-0.3, -0.25) is 0 Å². The second-order valence-electron chi connectivity index (χ2n) is 7.75. The van der Waals surface area contributed by atoms with Gasteiger partial charge in [0.1, 0.15) is 6.61 Å². The number of nitrogens with zero attached hydrogens (tertiary/aromatic N) is 1. The number of aliphatic imine (C=N–C) groups is 1. The minimum Gasteiger partial charge on any atom is -0.460 e. The maximum atomic E-state index is 5.96. The summed E-state index contributed by atoms with van der Waals surface area (Å²) in [6, 6.07) is 13.0. The van der Waals surface area contributed by atoms with E-state index >= 15 is 0 Å². The molecule has 142 valence electrons. The molecule has 3 rings (SSSR count). The van der Waals surface area contributed by atoms with Gasteiger partial charge in [0.15, 0.2) is 0 Å². The van der Waals surface area contributed by atoms with Crippen LogP contribution in [0.2, 0.25) is 0 Å². The third kappa shape index (κ3) is 4.60. The summed E-state index contributed by atoms with van der Waals surface area (Å²) in [6.45, 7) is 9.17. The van der Waals surface area contributed by atoms with Crippen molar-refractivity contribution in [3.8, 4) is 11.1 Å². The number of rotatable bonds is 4. The molecule has 0 saturated heterocycles. The molecule has 0 aliphatic heterocycles. The van der Waals surface area contributed by atoms with Crippen LogP contribution in [0, 0.1) is 26.7 Å². The van der Waals surface area contributed by atoms with Crippen LogP contribution in [0.15, 0.2) is 53.2 Å². The topological polar surface area (TPSA) is 47.6 Å². The quantitative estimate of drug-likeness (QED) is 0.551. The lowest BCUT2D eigenvalue weighted by atomic mass is 9.91. The van der Waals surface area contributed by atoms with E-state index in [1.165, 1.54) is 39.8 Å². The first kappa shape index (κ1) is 19.2. The van der Waals surface area contributed by atoms with Crippen molar-refractivity contribution >= 4 is 6.02 Å². The van der Waals surface area contributed by atoms with E-state index in [1.807, 2.05) is 6.20 Å². The van der Waals surface area contributed by atoms with Crippen molar-refractivity contribution in [3.05, 3.63) is 70.4 Å². The van der Waals surface area contributed by atoms with Gasteiger partial charge < -0.3 is 10.5 Å². The van der Waals surface area contributed by atoms with Gasteiger partial charge >= 0.3 is 0 Å². The van der Waals surface area contributed by atoms with Crippen molar-refractivity contribution in [3.63, 3.8) is 0 Å². The largest absolute Gasteiger partial charge is 0.460 e. The molecule has 0 spiro atoms. The van der Waals surface area contributed by atoms with E-state index in [2.05, 4.69) is 69.1 Å². The average Bonchev–Trinajstić information content (AvgIpc) is 3.05. The molecular weight excluding hydrogens is 332 g/mol. The predicted octanol–water partition coefficient (Wildman–Crippen LogP) is 5.81. The maximum absolute atomic E-state index is 5.96. The molecule has 0 radical (unpaired) electrons. The normalized spacial score (nSPS) is 18.9. The van der Waals surface area contributed by atoms with E-state index in [1.54, 1.807) is 0 Å². The van der Waals surface area contributed by atoms with Crippen LogP contribution in [0.1, 0.15) is 48.4 Å². The molecule has 2 N–H and O–H groups in total. The summed E-state index contributed by atoms with van der Waals surface area (Å²) < 4.78 is 5.73. The zero-order valence-electron chi connectivity index (χ0n) is 16.9. The van der Waals surface area contributed by atoms with Crippen LogP contribution in [0.4, 0.5) is 0 Å². The number of nitrogens with two attached hydrogens (primary N) is 1. The molecule has 1 aliphatic carbocycles. The summed E-state index contributed by atoms with van der Waals surface area (Å²) in [5.41, 5.74) is 14.8. The Morgan fingerprint density at radius 2 is 1.85 bits per heavy atom. The first-order chi connectivity index (χ1) is 13.0. The molecule has 2 aromatic carbocycles. The Labute approximate surface area is 163 Å². The van der Waals surface area contributed by atoms with Gasteiger partial charge in [0.25, 0.3) is 6.02 Å². The van der Waals surface area contributed by atoms with E-state index < -0.39 is 0 Å². The Kier molecular flexibility index (Phi) is 6.00. The zero-order chi connectivity index (χ0) is 19.4. The molecule has 0 unspecified atom stereocenters. The number of hydrogen-bond donors (Lipinski definition) is 1. The second-order valence-corrected chi connectivity index (χ2v) is 7.75. The molecular formula is C24H30N2O. The molecule has 0 aromatic heterocycles. The summed E-state index contributed by atoms with van der Waals surface area (Å²) in [7, 11) is 0. The van der Waals surface area contributed by atoms with E-state index in [-0.39, 0.29) is 6.02 Å². The van der Waals surface area contributed by atoms with Gasteiger partial charge in [-0.05, 0) is 79.3 Å². The predicted molar refractivity (Wildman–Crippen MR) is 114 cm³/mol. The maximum Gasteiger partial charge on any atom is 0.286 e. The first-order valence-corrected chi connectivity index (χ1v) is 9.74. The third-order valence-corrected chi connectivity index (χ3v) is 5.52. The van der Waals surface area contributed by atoms with E-state index in [4.69, 9.17) is 10.5 Å². The van der Waals surface area contributed by atoms with Gasteiger partial charge in [-0.25, -0.2) is 4.99 Å². The third-order valence-electron chi connectivity index (χ3n) is 5.52. The highest BCUT2D eigenvalue weighted by Gasteiger charge is 2.14. The Bertz CT molecular complexity index is 860. The van der Waals surface area contributed by atoms with Crippen LogP contribution in [-0.4, -0.2) is 6.02 Å². The van der Waals surface area contributed by atoms with Crippen molar-refractivity contribution in [2.45, 2.75) is 53.6 Å². The van der Waals surface area contributed by atoms with Gasteiger partial charge in [-0.15, -0.1) is 0 Å². The van der Waals surface area contributed by atoms with E-state index in [0.29, 0.717) is 6.61 Å². The van der Waals surface area contributed by atoms with Crippen molar-refractivity contribution in [1.82, 2.24) is 0 Å². The number of allylic oxidation sites excluding steroid dienone is 1. The molecule has 1 aliphatic rings. The van der Waals surface area contributed by atoms with Crippen LogP contribution in [0.25, 0.3) is 11.1 Å². The molecule has 1 atom stereocenters. The van der Waals surface area contributed by atoms with Crippen LogP contribution in [0.3, 0.4) is 0 Å². The van der Waals surface area contributed by atoms with Crippen molar-refractivity contribution < 1.29 is 4.74 Å². The standard InChI is InChI=1S/C24H30N2O/c1-16-11-12-20(13-16)14-26-24(25)27-15-21-9-6-10-22(19(21)4)23-17(2)7-5-8-18(23)3/h5-10,14,16H,11-13,15H2,1-4H3,(H2,25,26)/b20-14+/t16-/m0/s1. The van der Waals surface area contributed by atoms with Crippen LogP contribution in [0.5, 0.6) is 0 Å². The Balaban J connectivity index is 1.75. The van der Waals surface area contributed by atoms with Crippen LogP contribution in [-0.2, 0) is 11.3 Å². The molecule has 0 amide bonds. The lowest BCUT2D eigenvalue weighted by molar-refractivity contribution is 0.287. The van der Waals surface area contributed by atoms with Crippen molar-refractivity contribution in [1.29, 1.82) is 0 Å². The molecule has 1 saturated carbocycles. The number of hydrogen-bond acceptors (Lipinski definition) is 2. The highest BCUT2D eigenvalue weighted by molar-refractivity contribution is 5.75. The molecule has 2 aromatic rings. The van der Waals surface area contributed by atoms with Gasteiger partial charge in [-0.1, -0.05) is 48.9 Å². The van der Waals surface area contributed by atoms with Gasteiger partial charge in [0, 0.05) is 6.20 Å². The molecule has 0 bridgehead atoms. The second kappa shape index (κ2) is 8.43. The zero-order valence-corrected chi connectivity index (χ0v) is 16.9. The lowest BCUT2D eigenvalue weighted by Crippen LogP contribution is -2.16. The van der Waals surface area contributed by atoms with Gasteiger partial charge in [0.05, 0.1) is 0 Å². The number of amidine groups is 1. The summed E-state index contributed by atoms with van der Waals surface area (Å²) in [5, 5.41) is 0. The highest BCUT2D eigenvalue weighted by atomic mass is 16.5. The molecule has 27 heavy (non-hydrogen) atoms. The fourth-order valence-corrected chi connectivity index (χ4v) is 3.89.